The zero-order chi connectivity index (χ0) is 19.7. The molecule has 4 heteroatoms. The molecule has 2 atom stereocenters. The van der Waals surface area contributed by atoms with E-state index in [1.54, 1.807) is 19.2 Å². The number of hydrogen-bond acceptors (Lipinski definition) is 3. The Morgan fingerprint density at radius 3 is 2.50 bits per heavy atom. The molecule has 146 valence electrons. The van der Waals surface area contributed by atoms with E-state index in [1.807, 2.05) is 6.92 Å². The van der Waals surface area contributed by atoms with E-state index in [0.29, 0.717) is 12.8 Å². The van der Waals surface area contributed by atoms with Crippen molar-refractivity contribution in [3.63, 3.8) is 0 Å². The molecule has 0 saturated heterocycles. The number of rotatable bonds is 10. The number of aliphatic hydroxyl groups is 1. The van der Waals surface area contributed by atoms with E-state index in [1.165, 1.54) is 18.6 Å². The normalized spacial score (nSPS) is 21.3. The molecule has 0 bridgehead atoms. The minimum Gasteiger partial charge on any atom is -0.389 e. The summed E-state index contributed by atoms with van der Waals surface area (Å²) in [6, 6.07) is 0. The number of ketones is 1. The number of carbonyl (C=O) groups is 1. The molecule has 0 saturated carbocycles. The standard InChI is InChI=1S/C22H34FNO2/c1-6-9-19(20-14-18(23)10-11-21(20)24-5)17(7-2)12-13-22(26,8-3)15-16(4)25/h10-11,14,17,26H,6-9,12-13,15H2,1-5H3/b20-19+,24-21-/t17?,22-/m1/s1. The molecule has 26 heavy (non-hydrogen) atoms. The molecule has 0 aromatic carbocycles. The predicted octanol–water partition coefficient (Wildman–Crippen LogP) is 5.50. The van der Waals surface area contributed by atoms with E-state index >= 15 is 0 Å². The average Bonchev–Trinajstić information content (AvgIpc) is 2.60. The number of allylic oxidation sites excluding steroid dienone is 6. The van der Waals surface area contributed by atoms with E-state index in [-0.39, 0.29) is 23.9 Å². The van der Waals surface area contributed by atoms with Gasteiger partial charge >= 0.3 is 0 Å². The fourth-order valence-corrected chi connectivity index (χ4v) is 3.71. The Hall–Kier alpha value is -1.55. The smallest absolute Gasteiger partial charge is 0.132 e. The predicted molar refractivity (Wildman–Crippen MR) is 107 cm³/mol. The van der Waals surface area contributed by atoms with Gasteiger partial charge in [0.2, 0.25) is 0 Å². The molecular weight excluding hydrogens is 329 g/mol. The summed E-state index contributed by atoms with van der Waals surface area (Å²) in [7, 11) is 1.73. The highest BCUT2D eigenvalue weighted by molar-refractivity contribution is 6.12. The molecule has 0 fully saturated rings. The zero-order valence-electron chi connectivity index (χ0n) is 16.9. The summed E-state index contributed by atoms with van der Waals surface area (Å²) in [6.07, 6.45) is 9.61. The molecule has 0 radical (unpaired) electrons. The van der Waals surface area contributed by atoms with Crippen molar-refractivity contribution < 1.29 is 14.3 Å². The van der Waals surface area contributed by atoms with Crippen LogP contribution in [0.1, 0.15) is 72.6 Å². The van der Waals surface area contributed by atoms with Crippen molar-refractivity contribution >= 4 is 11.5 Å². The fourth-order valence-electron chi connectivity index (χ4n) is 3.71. The van der Waals surface area contributed by atoms with Crippen molar-refractivity contribution in [2.75, 3.05) is 7.05 Å². The SMILES string of the molecule is CCC/C(=C1/C=C(F)C=C/C1=N/C)C(CC)CC[C@](O)(CC)CC(C)=O. The summed E-state index contributed by atoms with van der Waals surface area (Å²) in [4.78, 5) is 15.8. The van der Waals surface area contributed by atoms with Crippen molar-refractivity contribution in [1.82, 2.24) is 0 Å². The van der Waals surface area contributed by atoms with Gasteiger partial charge in [-0.25, -0.2) is 4.39 Å². The molecule has 0 aromatic heterocycles. The Bertz CT molecular complexity index is 616. The quantitative estimate of drug-likeness (QED) is 0.557. The summed E-state index contributed by atoms with van der Waals surface area (Å²) in [6.45, 7) is 7.68. The molecule has 1 N–H and O–H groups in total. The highest BCUT2D eigenvalue weighted by Crippen LogP contribution is 2.34. The van der Waals surface area contributed by atoms with Gasteiger partial charge in [-0.05, 0) is 63.2 Å². The number of hydrogen-bond donors (Lipinski definition) is 1. The lowest BCUT2D eigenvalue weighted by Crippen LogP contribution is -2.31. The largest absolute Gasteiger partial charge is 0.389 e. The van der Waals surface area contributed by atoms with Gasteiger partial charge in [-0.15, -0.1) is 0 Å². The van der Waals surface area contributed by atoms with Crippen LogP contribution in [-0.2, 0) is 4.79 Å². The monoisotopic (exact) mass is 363 g/mol. The van der Waals surface area contributed by atoms with Gasteiger partial charge in [0.15, 0.2) is 0 Å². The topological polar surface area (TPSA) is 49.7 Å². The maximum absolute atomic E-state index is 13.9. The fraction of sp³-hybridized carbons (Fsp3) is 0.636. The van der Waals surface area contributed by atoms with Gasteiger partial charge in [0, 0.05) is 19.0 Å². The van der Waals surface area contributed by atoms with E-state index in [0.717, 1.165) is 37.0 Å². The summed E-state index contributed by atoms with van der Waals surface area (Å²) in [5.41, 5.74) is 1.95. The maximum Gasteiger partial charge on any atom is 0.132 e. The number of Topliss-reactive ketones (excluding diaryl/α,β-unsaturated/α-hetero) is 1. The Morgan fingerprint density at radius 1 is 1.31 bits per heavy atom. The van der Waals surface area contributed by atoms with Crippen molar-refractivity contribution in [2.45, 2.75) is 78.2 Å². The van der Waals surface area contributed by atoms with Gasteiger partial charge in [0.25, 0.3) is 0 Å². The summed E-state index contributed by atoms with van der Waals surface area (Å²) < 4.78 is 13.9. The number of halogens is 1. The molecule has 1 unspecified atom stereocenters. The van der Waals surface area contributed by atoms with E-state index in [4.69, 9.17) is 0 Å². The van der Waals surface area contributed by atoms with Gasteiger partial charge in [0.1, 0.15) is 11.6 Å². The van der Waals surface area contributed by atoms with Crippen LogP contribution >= 0.6 is 0 Å². The Labute approximate surface area is 157 Å². The van der Waals surface area contributed by atoms with Crippen LogP contribution in [0.4, 0.5) is 4.39 Å². The zero-order valence-corrected chi connectivity index (χ0v) is 16.9. The minimum atomic E-state index is -0.948. The molecule has 1 aliphatic rings. The van der Waals surface area contributed by atoms with Crippen LogP contribution in [0.2, 0.25) is 0 Å². The molecule has 0 amide bonds. The molecule has 0 spiro atoms. The van der Waals surface area contributed by atoms with Crippen LogP contribution in [0.3, 0.4) is 0 Å². The van der Waals surface area contributed by atoms with Crippen LogP contribution in [0.5, 0.6) is 0 Å². The van der Waals surface area contributed by atoms with Crippen LogP contribution in [0.25, 0.3) is 0 Å². The van der Waals surface area contributed by atoms with Crippen molar-refractivity contribution in [3.05, 3.63) is 35.2 Å². The third-order valence-corrected chi connectivity index (χ3v) is 5.24. The summed E-state index contributed by atoms with van der Waals surface area (Å²) >= 11 is 0. The van der Waals surface area contributed by atoms with Gasteiger partial charge in [0.05, 0.1) is 11.3 Å². The number of aliphatic imine (C=N–C) groups is 1. The average molecular weight is 364 g/mol. The van der Waals surface area contributed by atoms with E-state index < -0.39 is 5.60 Å². The Balaban J connectivity index is 3.15. The lowest BCUT2D eigenvalue weighted by atomic mass is 9.79. The van der Waals surface area contributed by atoms with Gasteiger partial charge in [-0.3, -0.25) is 9.79 Å². The summed E-state index contributed by atoms with van der Waals surface area (Å²) in [5.74, 6) is -0.00265. The number of carbonyl (C=O) groups excluding carboxylic acids is 1. The van der Waals surface area contributed by atoms with Crippen molar-refractivity contribution in [1.29, 1.82) is 0 Å². The molecular formula is C22H34FNO2. The van der Waals surface area contributed by atoms with Crippen LogP contribution in [0.15, 0.2) is 40.2 Å². The van der Waals surface area contributed by atoms with Gasteiger partial charge < -0.3 is 5.11 Å². The molecule has 0 aliphatic heterocycles. The van der Waals surface area contributed by atoms with Crippen LogP contribution in [-0.4, -0.2) is 29.3 Å². The second-order valence-corrected chi connectivity index (χ2v) is 7.26. The van der Waals surface area contributed by atoms with Crippen LogP contribution < -0.4 is 0 Å². The Morgan fingerprint density at radius 2 is 2.00 bits per heavy atom. The second-order valence-electron chi connectivity index (χ2n) is 7.26. The van der Waals surface area contributed by atoms with Gasteiger partial charge in [-0.2, -0.15) is 0 Å². The highest BCUT2D eigenvalue weighted by Gasteiger charge is 2.29. The molecule has 1 aliphatic carbocycles. The summed E-state index contributed by atoms with van der Waals surface area (Å²) in [5, 5.41) is 10.8. The second kappa shape index (κ2) is 10.6. The molecule has 0 aromatic rings. The maximum atomic E-state index is 13.9. The molecule has 3 nitrogen and oxygen atoms in total. The van der Waals surface area contributed by atoms with E-state index in [9.17, 15) is 14.3 Å². The third-order valence-electron chi connectivity index (χ3n) is 5.24. The number of nitrogens with zero attached hydrogens (tertiary/aromatic N) is 1. The van der Waals surface area contributed by atoms with Gasteiger partial charge in [-0.1, -0.05) is 32.8 Å². The first-order valence-corrected chi connectivity index (χ1v) is 9.77. The Kier molecular flexibility index (Phi) is 9.14. The van der Waals surface area contributed by atoms with Crippen LogP contribution in [0, 0.1) is 5.92 Å². The van der Waals surface area contributed by atoms with Crippen molar-refractivity contribution in [3.8, 4) is 0 Å². The first-order chi connectivity index (χ1) is 12.3. The van der Waals surface area contributed by atoms with E-state index in [2.05, 4.69) is 18.8 Å². The highest BCUT2D eigenvalue weighted by atomic mass is 19.1. The lowest BCUT2D eigenvalue weighted by Gasteiger charge is -2.30. The third kappa shape index (κ3) is 6.31. The first kappa shape index (κ1) is 22.5. The first-order valence-electron chi connectivity index (χ1n) is 9.77. The molecule has 0 heterocycles. The van der Waals surface area contributed by atoms with Crippen molar-refractivity contribution in [2.24, 2.45) is 10.9 Å². The lowest BCUT2D eigenvalue weighted by molar-refractivity contribution is -0.122. The molecule has 1 rings (SSSR count). The minimum absolute atomic E-state index is 0.0114.